The van der Waals surface area contributed by atoms with Gasteiger partial charge in [-0.25, -0.2) is 0 Å². The summed E-state index contributed by atoms with van der Waals surface area (Å²) in [6, 6.07) is 10.5. The van der Waals surface area contributed by atoms with E-state index in [1.807, 2.05) is 18.2 Å². The molecule has 15 heavy (non-hydrogen) atoms. The zero-order valence-corrected chi connectivity index (χ0v) is 9.02. The maximum atomic E-state index is 6.16. The summed E-state index contributed by atoms with van der Waals surface area (Å²) in [6.07, 6.45) is 0. The van der Waals surface area contributed by atoms with Crippen LogP contribution in [0.15, 0.2) is 30.3 Å². The quantitative estimate of drug-likeness (QED) is 0.759. The average Bonchev–Trinajstić information content (AvgIpc) is 2.31. The first-order valence-corrected chi connectivity index (χ1v) is 5.60. The lowest BCUT2D eigenvalue weighted by molar-refractivity contribution is 0.228. The van der Waals surface area contributed by atoms with Gasteiger partial charge in [0.1, 0.15) is 0 Å². The number of nitrogens with one attached hydrogen (secondary N) is 1. The molecule has 0 aliphatic carbocycles. The van der Waals surface area contributed by atoms with Crippen molar-refractivity contribution in [3.05, 3.63) is 35.9 Å². The molecule has 1 aromatic rings. The zero-order chi connectivity index (χ0) is 10.5. The van der Waals surface area contributed by atoms with Crippen molar-refractivity contribution in [2.45, 2.75) is 6.04 Å². The molecule has 0 aromatic heterocycles. The molecule has 1 atom stereocenters. The van der Waals surface area contributed by atoms with Crippen LogP contribution >= 0.6 is 0 Å². The van der Waals surface area contributed by atoms with Crippen molar-refractivity contribution in [1.82, 2.24) is 10.2 Å². The lowest BCUT2D eigenvalue weighted by Gasteiger charge is -2.29. The number of piperazine rings is 1. The van der Waals surface area contributed by atoms with Crippen LogP contribution in [0.2, 0.25) is 0 Å². The van der Waals surface area contributed by atoms with Gasteiger partial charge in [0.2, 0.25) is 0 Å². The molecule has 0 radical (unpaired) electrons. The highest BCUT2D eigenvalue weighted by Gasteiger charge is 2.13. The van der Waals surface area contributed by atoms with Gasteiger partial charge < -0.3 is 11.1 Å². The molecular formula is C12H19N3. The molecule has 3 N–H and O–H groups in total. The van der Waals surface area contributed by atoms with Crippen LogP contribution in [0.1, 0.15) is 11.6 Å². The van der Waals surface area contributed by atoms with Crippen LogP contribution in [0.5, 0.6) is 0 Å². The first-order valence-electron chi connectivity index (χ1n) is 5.60. The van der Waals surface area contributed by atoms with E-state index in [9.17, 15) is 0 Å². The van der Waals surface area contributed by atoms with Crippen LogP contribution in [-0.4, -0.2) is 37.6 Å². The van der Waals surface area contributed by atoms with Gasteiger partial charge in [-0.3, -0.25) is 4.90 Å². The van der Waals surface area contributed by atoms with Crippen molar-refractivity contribution in [1.29, 1.82) is 0 Å². The second-order valence-electron chi connectivity index (χ2n) is 4.07. The van der Waals surface area contributed by atoms with Crippen molar-refractivity contribution in [3.8, 4) is 0 Å². The van der Waals surface area contributed by atoms with Gasteiger partial charge in [-0.05, 0) is 5.56 Å². The largest absolute Gasteiger partial charge is 0.323 e. The van der Waals surface area contributed by atoms with Gasteiger partial charge in [0.05, 0.1) is 0 Å². The van der Waals surface area contributed by atoms with Crippen LogP contribution in [0.4, 0.5) is 0 Å². The molecule has 82 valence electrons. The molecule has 3 heteroatoms. The molecule has 1 unspecified atom stereocenters. The first kappa shape index (κ1) is 10.6. The molecule has 1 aromatic carbocycles. The van der Waals surface area contributed by atoms with Crippen LogP contribution < -0.4 is 11.1 Å². The molecule has 1 heterocycles. The van der Waals surface area contributed by atoms with Gasteiger partial charge in [-0.15, -0.1) is 0 Å². The third-order valence-corrected chi connectivity index (χ3v) is 2.89. The molecule has 1 saturated heterocycles. The number of hydrogen-bond acceptors (Lipinski definition) is 3. The van der Waals surface area contributed by atoms with Gasteiger partial charge in [-0.1, -0.05) is 30.3 Å². The highest BCUT2D eigenvalue weighted by molar-refractivity contribution is 5.18. The van der Waals surface area contributed by atoms with Gasteiger partial charge in [-0.2, -0.15) is 0 Å². The molecule has 0 bridgehead atoms. The summed E-state index contributed by atoms with van der Waals surface area (Å²) in [5, 5.41) is 3.35. The van der Waals surface area contributed by atoms with Crippen LogP contribution in [0.25, 0.3) is 0 Å². The van der Waals surface area contributed by atoms with E-state index in [1.165, 1.54) is 5.56 Å². The van der Waals surface area contributed by atoms with Crippen LogP contribution in [-0.2, 0) is 0 Å². The molecule has 0 saturated carbocycles. The fourth-order valence-electron chi connectivity index (χ4n) is 1.98. The first-order chi connectivity index (χ1) is 7.36. The summed E-state index contributed by atoms with van der Waals surface area (Å²) in [4.78, 5) is 2.42. The second-order valence-corrected chi connectivity index (χ2v) is 4.07. The predicted molar refractivity (Wildman–Crippen MR) is 62.7 cm³/mol. The average molecular weight is 205 g/mol. The highest BCUT2D eigenvalue weighted by atomic mass is 15.2. The van der Waals surface area contributed by atoms with E-state index in [0.717, 1.165) is 32.7 Å². The molecule has 1 fully saturated rings. The van der Waals surface area contributed by atoms with E-state index >= 15 is 0 Å². The Bertz CT molecular complexity index is 280. The van der Waals surface area contributed by atoms with Crippen molar-refractivity contribution in [2.75, 3.05) is 32.7 Å². The minimum Gasteiger partial charge on any atom is -0.323 e. The zero-order valence-electron chi connectivity index (χ0n) is 9.02. The fraction of sp³-hybridized carbons (Fsp3) is 0.500. The molecular weight excluding hydrogens is 186 g/mol. The van der Waals surface area contributed by atoms with Crippen LogP contribution in [0, 0.1) is 0 Å². The lowest BCUT2D eigenvalue weighted by atomic mass is 10.1. The Hall–Kier alpha value is -0.900. The number of nitrogens with two attached hydrogens (primary N) is 1. The Labute approximate surface area is 91.3 Å². The smallest absolute Gasteiger partial charge is 0.0424 e. The summed E-state index contributed by atoms with van der Waals surface area (Å²) >= 11 is 0. The minimum atomic E-state index is 0.143. The van der Waals surface area contributed by atoms with E-state index in [1.54, 1.807) is 0 Å². The number of hydrogen-bond donors (Lipinski definition) is 2. The topological polar surface area (TPSA) is 41.3 Å². The monoisotopic (exact) mass is 205 g/mol. The van der Waals surface area contributed by atoms with E-state index < -0.39 is 0 Å². The molecule has 0 spiro atoms. The van der Waals surface area contributed by atoms with Gasteiger partial charge in [0, 0.05) is 38.8 Å². The predicted octanol–water partition coefficient (Wildman–Crippen LogP) is 0.592. The maximum absolute atomic E-state index is 6.16. The fourth-order valence-corrected chi connectivity index (χ4v) is 1.98. The van der Waals surface area contributed by atoms with E-state index in [2.05, 4.69) is 22.3 Å². The van der Waals surface area contributed by atoms with Crippen molar-refractivity contribution >= 4 is 0 Å². The summed E-state index contributed by atoms with van der Waals surface area (Å²) in [5.41, 5.74) is 7.40. The number of nitrogens with zero attached hydrogens (tertiary/aromatic N) is 1. The minimum absolute atomic E-state index is 0.143. The molecule has 2 rings (SSSR count). The van der Waals surface area contributed by atoms with Crippen LogP contribution in [0.3, 0.4) is 0 Å². The number of rotatable bonds is 3. The van der Waals surface area contributed by atoms with Crippen molar-refractivity contribution < 1.29 is 0 Å². The van der Waals surface area contributed by atoms with Crippen molar-refractivity contribution in [2.24, 2.45) is 5.73 Å². The van der Waals surface area contributed by atoms with Crippen molar-refractivity contribution in [3.63, 3.8) is 0 Å². The second kappa shape index (κ2) is 5.26. The van der Waals surface area contributed by atoms with E-state index in [4.69, 9.17) is 5.73 Å². The normalized spacial score (nSPS) is 20.1. The summed E-state index contributed by atoms with van der Waals surface area (Å²) in [7, 11) is 0. The summed E-state index contributed by atoms with van der Waals surface area (Å²) < 4.78 is 0. The molecule has 0 amide bonds. The Morgan fingerprint density at radius 2 is 1.87 bits per heavy atom. The summed E-state index contributed by atoms with van der Waals surface area (Å²) in [5.74, 6) is 0. The Balaban J connectivity index is 1.88. The van der Waals surface area contributed by atoms with Gasteiger partial charge in [0.15, 0.2) is 0 Å². The van der Waals surface area contributed by atoms with E-state index in [-0.39, 0.29) is 6.04 Å². The highest BCUT2D eigenvalue weighted by Crippen LogP contribution is 2.11. The van der Waals surface area contributed by atoms with Gasteiger partial charge in [0.25, 0.3) is 0 Å². The molecule has 1 aliphatic rings. The standard InChI is InChI=1S/C12H19N3/c13-12(11-4-2-1-3-5-11)10-15-8-6-14-7-9-15/h1-5,12,14H,6-10,13H2. The Morgan fingerprint density at radius 3 is 2.53 bits per heavy atom. The number of benzene rings is 1. The maximum Gasteiger partial charge on any atom is 0.0424 e. The third kappa shape index (κ3) is 3.02. The van der Waals surface area contributed by atoms with E-state index in [0.29, 0.717) is 0 Å². The molecule has 1 aliphatic heterocycles. The molecule has 3 nitrogen and oxygen atoms in total. The third-order valence-electron chi connectivity index (χ3n) is 2.89. The van der Waals surface area contributed by atoms with Gasteiger partial charge >= 0.3 is 0 Å². The SMILES string of the molecule is NC(CN1CCNCC1)c1ccccc1. The Morgan fingerprint density at radius 1 is 1.20 bits per heavy atom. The lowest BCUT2D eigenvalue weighted by Crippen LogP contribution is -2.45. The Kier molecular flexibility index (Phi) is 3.72. The summed E-state index contributed by atoms with van der Waals surface area (Å²) in [6.45, 7) is 5.36.